The van der Waals surface area contributed by atoms with Gasteiger partial charge in [-0.25, -0.2) is 0 Å². The molecule has 80 valence electrons. The van der Waals surface area contributed by atoms with Gasteiger partial charge in [0.05, 0.1) is 19.5 Å². The summed E-state index contributed by atoms with van der Waals surface area (Å²) in [4.78, 5) is 0. The van der Waals surface area contributed by atoms with Crippen molar-refractivity contribution in [1.82, 2.24) is 0 Å². The molecular weight excluding hydrogens is 180 g/mol. The summed E-state index contributed by atoms with van der Waals surface area (Å²) in [5, 5.41) is 8.68. The third kappa shape index (κ3) is 3.52. The van der Waals surface area contributed by atoms with Crippen molar-refractivity contribution in [2.45, 2.75) is 32.3 Å². The van der Waals surface area contributed by atoms with Crippen molar-refractivity contribution < 1.29 is 14.3 Å². The molecule has 0 aliphatic carbocycles. The third-order valence-corrected chi connectivity index (χ3v) is 2.09. The minimum atomic E-state index is -0.00269. The number of hydrogen-bond acceptors (Lipinski definition) is 3. The van der Waals surface area contributed by atoms with Gasteiger partial charge in [-0.3, -0.25) is 0 Å². The molecular formula is C11H18O3. The van der Waals surface area contributed by atoms with Gasteiger partial charge >= 0.3 is 0 Å². The van der Waals surface area contributed by atoms with Crippen molar-refractivity contribution >= 4 is 0 Å². The van der Waals surface area contributed by atoms with Gasteiger partial charge in [0.15, 0.2) is 0 Å². The van der Waals surface area contributed by atoms with Crippen molar-refractivity contribution in [3.63, 3.8) is 0 Å². The Kier molecular flexibility index (Phi) is 5.33. The summed E-state index contributed by atoms with van der Waals surface area (Å²) in [7, 11) is 0. The first kappa shape index (κ1) is 11.3. The normalized spacial score (nSPS) is 13.0. The molecule has 1 rings (SSSR count). The number of furan rings is 1. The van der Waals surface area contributed by atoms with Crippen molar-refractivity contribution in [3.05, 3.63) is 24.2 Å². The topological polar surface area (TPSA) is 42.6 Å². The molecule has 1 atom stereocenters. The highest BCUT2D eigenvalue weighted by atomic mass is 16.5. The smallest absolute Gasteiger partial charge is 0.132 e. The maximum absolute atomic E-state index is 8.68. The summed E-state index contributed by atoms with van der Waals surface area (Å²) in [6, 6.07) is 3.77. The molecule has 1 N–H and O–H groups in total. The predicted octanol–water partition coefficient (Wildman–Crippen LogP) is 2.52. The van der Waals surface area contributed by atoms with E-state index >= 15 is 0 Å². The predicted molar refractivity (Wildman–Crippen MR) is 54.0 cm³/mol. The average molecular weight is 198 g/mol. The first-order valence-corrected chi connectivity index (χ1v) is 5.14. The number of aliphatic hydroxyl groups is 1. The Hall–Kier alpha value is -0.800. The second kappa shape index (κ2) is 6.62. The minimum absolute atomic E-state index is 0.00269. The van der Waals surface area contributed by atoms with E-state index in [0.29, 0.717) is 6.61 Å². The average Bonchev–Trinajstić information content (AvgIpc) is 2.71. The molecule has 0 bridgehead atoms. The number of ether oxygens (including phenoxy) is 1. The van der Waals surface area contributed by atoms with Crippen LogP contribution in [0.25, 0.3) is 0 Å². The molecule has 3 heteroatoms. The van der Waals surface area contributed by atoms with Crippen LogP contribution in [0.2, 0.25) is 0 Å². The summed E-state index contributed by atoms with van der Waals surface area (Å²) in [6.45, 7) is 2.57. The quantitative estimate of drug-likeness (QED) is 0.732. The standard InChI is InChI=1S/C11H18O3/c1-2-3-5-10(14-9-7-12)11-6-4-8-13-11/h4,6,8,10,12H,2-3,5,7,9H2,1H3. The van der Waals surface area contributed by atoms with Gasteiger partial charge in [0.25, 0.3) is 0 Å². The lowest BCUT2D eigenvalue weighted by Crippen LogP contribution is -2.07. The highest BCUT2D eigenvalue weighted by Crippen LogP contribution is 2.23. The largest absolute Gasteiger partial charge is 0.467 e. The van der Waals surface area contributed by atoms with E-state index in [1.807, 2.05) is 12.1 Å². The molecule has 0 aromatic carbocycles. The Labute approximate surface area is 84.7 Å². The van der Waals surface area contributed by atoms with E-state index in [4.69, 9.17) is 14.3 Å². The van der Waals surface area contributed by atoms with E-state index < -0.39 is 0 Å². The summed E-state index contributed by atoms with van der Waals surface area (Å²) >= 11 is 0. The SMILES string of the molecule is CCCCC(OCCO)c1ccco1. The maximum atomic E-state index is 8.68. The Bertz CT molecular complexity index is 210. The van der Waals surface area contributed by atoms with Crippen LogP contribution in [-0.4, -0.2) is 18.3 Å². The zero-order chi connectivity index (χ0) is 10.2. The van der Waals surface area contributed by atoms with E-state index in [9.17, 15) is 0 Å². The summed E-state index contributed by atoms with van der Waals surface area (Å²) < 4.78 is 10.8. The van der Waals surface area contributed by atoms with Gasteiger partial charge in [-0.05, 0) is 18.6 Å². The van der Waals surface area contributed by atoms with E-state index in [0.717, 1.165) is 25.0 Å². The first-order valence-electron chi connectivity index (χ1n) is 5.14. The highest BCUT2D eigenvalue weighted by Gasteiger charge is 2.13. The van der Waals surface area contributed by atoms with Crippen LogP contribution >= 0.6 is 0 Å². The Balaban J connectivity index is 2.44. The molecule has 0 spiro atoms. The molecule has 1 aromatic rings. The molecule has 14 heavy (non-hydrogen) atoms. The van der Waals surface area contributed by atoms with Gasteiger partial charge in [-0.2, -0.15) is 0 Å². The Morgan fingerprint density at radius 3 is 3.00 bits per heavy atom. The molecule has 0 saturated heterocycles. The Morgan fingerprint density at radius 2 is 2.43 bits per heavy atom. The van der Waals surface area contributed by atoms with Crippen LogP contribution in [0.4, 0.5) is 0 Å². The van der Waals surface area contributed by atoms with Crippen LogP contribution in [0.3, 0.4) is 0 Å². The second-order valence-corrected chi connectivity index (χ2v) is 3.24. The first-order chi connectivity index (χ1) is 6.88. The van der Waals surface area contributed by atoms with Crippen LogP contribution in [-0.2, 0) is 4.74 Å². The van der Waals surface area contributed by atoms with Gasteiger partial charge in [0, 0.05) is 0 Å². The zero-order valence-electron chi connectivity index (χ0n) is 8.61. The van der Waals surface area contributed by atoms with Crippen LogP contribution < -0.4 is 0 Å². The molecule has 0 aliphatic rings. The number of rotatable bonds is 7. The molecule has 0 radical (unpaired) electrons. The van der Waals surface area contributed by atoms with E-state index in [1.54, 1.807) is 6.26 Å². The fourth-order valence-corrected chi connectivity index (χ4v) is 1.37. The summed E-state index contributed by atoms with van der Waals surface area (Å²) in [5.74, 6) is 0.854. The van der Waals surface area contributed by atoms with Gasteiger partial charge in [-0.1, -0.05) is 19.8 Å². The van der Waals surface area contributed by atoms with Crippen LogP contribution in [0.5, 0.6) is 0 Å². The minimum Gasteiger partial charge on any atom is -0.467 e. The van der Waals surface area contributed by atoms with Crippen molar-refractivity contribution in [2.75, 3.05) is 13.2 Å². The van der Waals surface area contributed by atoms with E-state index in [2.05, 4.69) is 6.92 Å². The van der Waals surface area contributed by atoms with Crippen molar-refractivity contribution in [1.29, 1.82) is 0 Å². The van der Waals surface area contributed by atoms with Gasteiger partial charge < -0.3 is 14.3 Å². The molecule has 1 aromatic heterocycles. The van der Waals surface area contributed by atoms with E-state index in [1.165, 1.54) is 0 Å². The number of hydrogen-bond donors (Lipinski definition) is 1. The highest BCUT2D eigenvalue weighted by molar-refractivity contribution is 5.02. The monoisotopic (exact) mass is 198 g/mol. The number of aliphatic hydroxyl groups excluding tert-OH is 1. The molecule has 3 nitrogen and oxygen atoms in total. The lowest BCUT2D eigenvalue weighted by atomic mass is 10.1. The van der Waals surface area contributed by atoms with Gasteiger partial charge in [-0.15, -0.1) is 0 Å². The molecule has 0 saturated carbocycles. The molecule has 0 fully saturated rings. The Morgan fingerprint density at radius 1 is 1.57 bits per heavy atom. The van der Waals surface area contributed by atoms with Crippen molar-refractivity contribution in [2.24, 2.45) is 0 Å². The van der Waals surface area contributed by atoms with Crippen molar-refractivity contribution in [3.8, 4) is 0 Å². The third-order valence-electron chi connectivity index (χ3n) is 2.09. The number of unbranched alkanes of at least 4 members (excludes halogenated alkanes) is 1. The molecule has 0 aliphatic heterocycles. The van der Waals surface area contributed by atoms with Crippen LogP contribution in [0, 0.1) is 0 Å². The fourth-order valence-electron chi connectivity index (χ4n) is 1.37. The molecule has 1 unspecified atom stereocenters. The van der Waals surface area contributed by atoms with E-state index in [-0.39, 0.29) is 12.7 Å². The maximum Gasteiger partial charge on any atom is 0.132 e. The lowest BCUT2D eigenvalue weighted by molar-refractivity contribution is 0.00994. The lowest BCUT2D eigenvalue weighted by Gasteiger charge is -2.14. The molecule has 1 heterocycles. The summed E-state index contributed by atoms with van der Waals surface area (Å²) in [5.41, 5.74) is 0. The molecule has 0 amide bonds. The fraction of sp³-hybridized carbons (Fsp3) is 0.636. The van der Waals surface area contributed by atoms with Gasteiger partial charge in [0.1, 0.15) is 11.9 Å². The van der Waals surface area contributed by atoms with Crippen LogP contribution in [0.1, 0.15) is 38.1 Å². The van der Waals surface area contributed by atoms with Crippen LogP contribution in [0.15, 0.2) is 22.8 Å². The zero-order valence-corrected chi connectivity index (χ0v) is 8.61. The second-order valence-electron chi connectivity index (χ2n) is 3.24. The van der Waals surface area contributed by atoms with Gasteiger partial charge in [0.2, 0.25) is 0 Å². The summed E-state index contributed by atoms with van der Waals surface area (Å²) in [6.07, 6.45) is 4.84.